The number of aryl methyl sites for hydroxylation is 1. The third-order valence-electron chi connectivity index (χ3n) is 7.64. The second-order valence-corrected chi connectivity index (χ2v) is 10.9. The number of nitrogens with zero attached hydrogens (tertiary/aromatic N) is 1. The topological polar surface area (TPSA) is 122 Å². The summed E-state index contributed by atoms with van der Waals surface area (Å²) in [6.45, 7) is 10.2. The van der Waals surface area contributed by atoms with Crippen LogP contribution >= 0.6 is 0 Å². The number of epoxide rings is 1. The number of oxazole rings is 1. The first-order valence-electron chi connectivity index (χ1n) is 12.3. The van der Waals surface area contributed by atoms with Crippen molar-refractivity contribution < 1.29 is 38.1 Å². The number of fused-ring (bicyclic) bond motifs is 1. The SMILES string of the molecule is Cc1nc(C=C(F)C2C[C@@H]3OC3(C)CCC[C@H](C)[C@H](O)[C@@H](C)C(=O)C(C)(C)[C@@H](O)CC(=O)O2)co1. The summed E-state index contributed by atoms with van der Waals surface area (Å²) in [6, 6.07) is 0. The summed E-state index contributed by atoms with van der Waals surface area (Å²) in [5, 5.41) is 21.5. The van der Waals surface area contributed by atoms with Crippen LogP contribution in [0.15, 0.2) is 16.5 Å². The second-order valence-electron chi connectivity index (χ2n) is 10.9. The highest BCUT2D eigenvalue weighted by Gasteiger charge is 2.53. The number of hydrogen-bond acceptors (Lipinski definition) is 8. The Labute approximate surface area is 205 Å². The Balaban J connectivity index is 1.85. The number of carbonyl (C=O) groups excluding carboxylic acids is 2. The maximum Gasteiger partial charge on any atom is 0.309 e. The minimum absolute atomic E-state index is 0.106. The van der Waals surface area contributed by atoms with Crippen LogP contribution in [-0.4, -0.2) is 57.0 Å². The Hall–Kier alpha value is -2.10. The van der Waals surface area contributed by atoms with Crippen molar-refractivity contribution in [1.29, 1.82) is 0 Å². The van der Waals surface area contributed by atoms with Crippen LogP contribution in [0.4, 0.5) is 4.39 Å². The van der Waals surface area contributed by atoms with Crippen molar-refractivity contribution in [2.75, 3.05) is 0 Å². The zero-order valence-electron chi connectivity index (χ0n) is 21.4. The van der Waals surface area contributed by atoms with Crippen LogP contribution in [-0.2, 0) is 19.1 Å². The van der Waals surface area contributed by atoms with E-state index < -0.39 is 53.5 Å². The molecule has 0 amide bonds. The molecule has 2 aliphatic heterocycles. The average molecular weight is 496 g/mol. The number of aromatic nitrogens is 1. The van der Waals surface area contributed by atoms with Gasteiger partial charge >= 0.3 is 5.97 Å². The zero-order valence-corrected chi connectivity index (χ0v) is 21.4. The Kier molecular flexibility index (Phi) is 8.23. The van der Waals surface area contributed by atoms with Gasteiger partial charge < -0.3 is 24.1 Å². The summed E-state index contributed by atoms with van der Waals surface area (Å²) < 4.78 is 31.7. The molecule has 0 saturated carbocycles. The number of esters is 1. The molecule has 2 saturated heterocycles. The molecule has 2 fully saturated rings. The van der Waals surface area contributed by atoms with Crippen molar-refractivity contribution in [3.8, 4) is 0 Å². The van der Waals surface area contributed by atoms with Gasteiger partial charge in [-0.1, -0.05) is 34.1 Å². The van der Waals surface area contributed by atoms with E-state index in [2.05, 4.69) is 4.98 Å². The van der Waals surface area contributed by atoms with E-state index in [1.54, 1.807) is 27.7 Å². The van der Waals surface area contributed by atoms with Gasteiger partial charge in [-0.3, -0.25) is 9.59 Å². The van der Waals surface area contributed by atoms with Crippen LogP contribution in [0, 0.1) is 24.2 Å². The minimum Gasteiger partial charge on any atom is -0.455 e. The summed E-state index contributed by atoms with van der Waals surface area (Å²) >= 11 is 0. The van der Waals surface area contributed by atoms with Crippen LogP contribution in [0.1, 0.15) is 78.3 Å². The first kappa shape index (κ1) is 27.5. The number of ketones is 1. The molecule has 1 aromatic heterocycles. The lowest BCUT2D eigenvalue weighted by Gasteiger charge is -2.34. The summed E-state index contributed by atoms with van der Waals surface area (Å²) in [6.07, 6.45) is 0.413. The molecule has 7 atom stereocenters. The van der Waals surface area contributed by atoms with Crippen LogP contribution in [0.2, 0.25) is 0 Å². The highest BCUT2D eigenvalue weighted by molar-refractivity contribution is 5.88. The van der Waals surface area contributed by atoms with Gasteiger partial charge in [-0.15, -0.1) is 0 Å². The van der Waals surface area contributed by atoms with E-state index in [4.69, 9.17) is 13.9 Å². The van der Waals surface area contributed by atoms with Crippen molar-refractivity contribution in [2.24, 2.45) is 17.3 Å². The Morgan fingerprint density at radius 2 is 1.91 bits per heavy atom. The molecule has 0 radical (unpaired) electrons. The molecule has 0 aliphatic carbocycles. The summed E-state index contributed by atoms with van der Waals surface area (Å²) in [5.41, 5.74) is -1.53. The fourth-order valence-corrected chi connectivity index (χ4v) is 4.86. The molecule has 1 aromatic rings. The minimum atomic E-state index is -1.37. The smallest absolute Gasteiger partial charge is 0.309 e. The molecule has 0 aromatic carbocycles. The quantitative estimate of drug-likeness (QED) is 0.468. The van der Waals surface area contributed by atoms with E-state index in [1.807, 2.05) is 13.8 Å². The van der Waals surface area contributed by atoms with E-state index in [-0.39, 0.29) is 29.9 Å². The molecule has 2 unspecified atom stereocenters. The van der Waals surface area contributed by atoms with Crippen molar-refractivity contribution in [2.45, 2.75) is 104 Å². The predicted molar refractivity (Wildman–Crippen MR) is 126 cm³/mol. The molecule has 8 nitrogen and oxygen atoms in total. The number of hydrogen-bond donors (Lipinski definition) is 2. The number of rotatable bonds is 2. The number of ether oxygens (including phenoxy) is 2. The van der Waals surface area contributed by atoms with Crippen molar-refractivity contribution in [3.05, 3.63) is 23.7 Å². The fraction of sp³-hybridized carbons (Fsp3) is 0.731. The van der Waals surface area contributed by atoms with Gasteiger partial charge in [0.05, 0.1) is 35.7 Å². The Morgan fingerprint density at radius 1 is 1.23 bits per heavy atom. The van der Waals surface area contributed by atoms with Gasteiger partial charge in [0, 0.05) is 25.3 Å². The van der Waals surface area contributed by atoms with Crippen LogP contribution in [0.25, 0.3) is 6.08 Å². The highest BCUT2D eigenvalue weighted by atomic mass is 19.1. The summed E-state index contributed by atoms with van der Waals surface area (Å²) in [7, 11) is 0. The molecular formula is C26H38FNO7. The van der Waals surface area contributed by atoms with E-state index in [9.17, 15) is 19.8 Å². The molecule has 2 N–H and O–H groups in total. The molecule has 35 heavy (non-hydrogen) atoms. The zero-order chi connectivity index (χ0) is 26.1. The average Bonchev–Trinajstić information content (AvgIpc) is 3.22. The van der Waals surface area contributed by atoms with Crippen molar-refractivity contribution >= 4 is 17.8 Å². The third kappa shape index (κ3) is 6.37. The molecular weight excluding hydrogens is 457 g/mol. The Morgan fingerprint density at radius 3 is 2.54 bits per heavy atom. The lowest BCUT2D eigenvalue weighted by Crippen LogP contribution is -2.45. The van der Waals surface area contributed by atoms with Crippen LogP contribution in [0.5, 0.6) is 0 Å². The number of cyclic esters (lactones) is 1. The van der Waals surface area contributed by atoms with Gasteiger partial charge in [0.2, 0.25) is 0 Å². The normalized spacial score (nSPS) is 37.5. The van der Waals surface area contributed by atoms with Gasteiger partial charge in [-0.25, -0.2) is 9.37 Å². The number of aliphatic hydroxyl groups is 2. The number of halogens is 1. The van der Waals surface area contributed by atoms with Crippen molar-refractivity contribution in [3.63, 3.8) is 0 Å². The van der Waals surface area contributed by atoms with E-state index in [0.29, 0.717) is 18.7 Å². The first-order chi connectivity index (χ1) is 16.2. The molecule has 9 heteroatoms. The van der Waals surface area contributed by atoms with Crippen molar-refractivity contribution in [1.82, 2.24) is 4.98 Å². The highest BCUT2D eigenvalue weighted by Crippen LogP contribution is 2.45. The van der Waals surface area contributed by atoms with Crippen LogP contribution in [0.3, 0.4) is 0 Å². The summed E-state index contributed by atoms with van der Waals surface area (Å²) in [5.74, 6) is -2.37. The lowest BCUT2D eigenvalue weighted by atomic mass is 9.73. The number of aliphatic hydroxyl groups excluding tert-OH is 2. The molecule has 3 heterocycles. The summed E-state index contributed by atoms with van der Waals surface area (Å²) in [4.78, 5) is 29.9. The standard InChI is InChI=1S/C26H38FNO7/c1-14-8-7-9-26(6)21(35-26)11-19(18(27)10-17-13-33-16(3)28-17)34-22(30)12-20(29)25(4,5)24(32)15(2)23(14)31/h10,13-15,19-21,23,29,31H,7-9,11-12H2,1-6H3/t14-,15+,19?,20-,21-,23-,26?/m0/s1. The lowest BCUT2D eigenvalue weighted by molar-refractivity contribution is -0.155. The maximum absolute atomic E-state index is 15.2. The van der Waals surface area contributed by atoms with E-state index in [1.165, 1.54) is 6.26 Å². The molecule has 3 rings (SSSR count). The van der Waals surface area contributed by atoms with Gasteiger partial charge in [0.25, 0.3) is 0 Å². The third-order valence-corrected chi connectivity index (χ3v) is 7.64. The Bertz CT molecular complexity index is 957. The second kappa shape index (κ2) is 10.5. The first-order valence-corrected chi connectivity index (χ1v) is 12.3. The molecule has 0 spiro atoms. The molecule has 0 bridgehead atoms. The van der Waals surface area contributed by atoms with Crippen LogP contribution < -0.4 is 0 Å². The van der Waals surface area contributed by atoms with E-state index >= 15 is 4.39 Å². The fourth-order valence-electron chi connectivity index (χ4n) is 4.86. The van der Waals surface area contributed by atoms with Gasteiger partial charge in [0.15, 0.2) is 12.0 Å². The maximum atomic E-state index is 15.2. The monoisotopic (exact) mass is 495 g/mol. The number of carbonyl (C=O) groups is 2. The predicted octanol–water partition coefficient (Wildman–Crippen LogP) is 3.92. The van der Waals surface area contributed by atoms with Gasteiger partial charge in [-0.05, 0) is 25.7 Å². The van der Waals surface area contributed by atoms with Gasteiger partial charge in [0.1, 0.15) is 23.6 Å². The molecule has 196 valence electrons. The van der Waals surface area contributed by atoms with E-state index in [0.717, 1.165) is 12.5 Å². The largest absolute Gasteiger partial charge is 0.455 e. The molecule has 2 aliphatic rings. The van der Waals surface area contributed by atoms with Gasteiger partial charge in [-0.2, -0.15) is 0 Å². The number of Topliss-reactive ketones (excluding diaryl/α,β-unsaturated/α-hetero) is 1.